The highest BCUT2D eigenvalue weighted by atomic mass is 35.5. The molecule has 0 aliphatic heterocycles. The van der Waals surface area contributed by atoms with E-state index in [0.29, 0.717) is 0 Å². The lowest BCUT2D eigenvalue weighted by molar-refractivity contribution is 0.907. The van der Waals surface area contributed by atoms with Gasteiger partial charge in [0.2, 0.25) is 0 Å². The van der Waals surface area contributed by atoms with E-state index < -0.39 is 0 Å². The maximum atomic E-state index is 5.75. The monoisotopic (exact) mass is 428 g/mol. The molecular formula is C17H28Cl4N4. The summed E-state index contributed by atoms with van der Waals surface area (Å²) in [5.41, 5.74) is 17.7. The van der Waals surface area contributed by atoms with E-state index in [1.807, 2.05) is 36.4 Å². The van der Waals surface area contributed by atoms with Gasteiger partial charge in [0, 0.05) is 35.8 Å². The van der Waals surface area contributed by atoms with Crippen molar-refractivity contribution in [1.29, 1.82) is 0 Å². The summed E-state index contributed by atoms with van der Waals surface area (Å²) in [6.45, 7) is 5.97. The zero-order valence-corrected chi connectivity index (χ0v) is 17.6. The molecule has 0 saturated heterocycles. The highest BCUT2D eigenvalue weighted by Gasteiger charge is 1.99. The number of aryl methyl sites for hydroxylation is 2. The van der Waals surface area contributed by atoms with Gasteiger partial charge in [-0.1, -0.05) is 0 Å². The minimum absolute atomic E-state index is 0. The average Bonchev–Trinajstić information content (AvgIpc) is 2.42. The second kappa shape index (κ2) is 14.0. The molecule has 0 aliphatic carbocycles. The van der Waals surface area contributed by atoms with E-state index in [1.54, 1.807) is 0 Å². The molecule has 25 heavy (non-hydrogen) atoms. The fourth-order valence-corrected chi connectivity index (χ4v) is 2.30. The quantitative estimate of drug-likeness (QED) is 0.382. The number of benzene rings is 2. The molecule has 0 aromatic heterocycles. The zero-order valence-electron chi connectivity index (χ0n) is 14.4. The van der Waals surface area contributed by atoms with Crippen LogP contribution in [0.5, 0.6) is 0 Å². The van der Waals surface area contributed by atoms with Gasteiger partial charge >= 0.3 is 0 Å². The van der Waals surface area contributed by atoms with Crippen LogP contribution in [0.15, 0.2) is 36.4 Å². The van der Waals surface area contributed by atoms with Crippen LogP contribution in [-0.2, 0) is 0 Å². The average molecular weight is 430 g/mol. The summed E-state index contributed by atoms with van der Waals surface area (Å²) in [5.74, 6) is 0. The molecule has 8 heteroatoms. The number of nitrogens with two attached hydrogens (primary N) is 2. The molecule has 0 spiro atoms. The minimum Gasteiger partial charge on any atom is -0.399 e. The Bertz CT molecular complexity index is 570. The smallest absolute Gasteiger partial charge is 0.0371 e. The highest BCUT2D eigenvalue weighted by molar-refractivity contribution is 5.86. The fraction of sp³-hybridized carbons (Fsp3) is 0.294. The SMILES string of the molecule is Cc1cc(N)ccc1NCCCNc1ccc(N)cc1C.Cl.Cl.Cl.Cl. The van der Waals surface area contributed by atoms with Crippen molar-refractivity contribution in [2.24, 2.45) is 0 Å². The number of rotatable bonds is 6. The molecule has 6 N–H and O–H groups in total. The van der Waals surface area contributed by atoms with Gasteiger partial charge < -0.3 is 22.1 Å². The molecular weight excluding hydrogens is 402 g/mol. The number of halogens is 4. The Morgan fingerprint density at radius 2 is 1.04 bits per heavy atom. The van der Waals surface area contributed by atoms with Gasteiger partial charge in [-0.15, -0.1) is 49.6 Å². The van der Waals surface area contributed by atoms with Crippen molar-refractivity contribution in [2.75, 3.05) is 35.2 Å². The van der Waals surface area contributed by atoms with Crippen molar-refractivity contribution in [1.82, 2.24) is 0 Å². The molecule has 0 heterocycles. The Morgan fingerprint density at radius 3 is 1.36 bits per heavy atom. The normalized spacial score (nSPS) is 8.72. The van der Waals surface area contributed by atoms with E-state index in [0.717, 1.165) is 42.3 Å². The first-order valence-electron chi connectivity index (χ1n) is 7.26. The van der Waals surface area contributed by atoms with Gasteiger partial charge in [0.05, 0.1) is 0 Å². The molecule has 0 unspecified atom stereocenters. The molecule has 2 aromatic carbocycles. The van der Waals surface area contributed by atoms with E-state index in [1.165, 1.54) is 11.1 Å². The maximum Gasteiger partial charge on any atom is 0.0371 e. The molecule has 0 atom stereocenters. The van der Waals surface area contributed by atoms with Crippen LogP contribution in [0.2, 0.25) is 0 Å². The summed E-state index contributed by atoms with van der Waals surface area (Å²) in [6.07, 6.45) is 1.04. The lowest BCUT2D eigenvalue weighted by Gasteiger charge is -2.12. The second-order valence-electron chi connectivity index (χ2n) is 5.36. The predicted molar refractivity (Wildman–Crippen MR) is 122 cm³/mol. The molecule has 2 rings (SSSR count). The Balaban J connectivity index is -0.00000121. The molecule has 0 amide bonds. The summed E-state index contributed by atoms with van der Waals surface area (Å²) in [6, 6.07) is 11.9. The van der Waals surface area contributed by atoms with Crippen molar-refractivity contribution < 1.29 is 0 Å². The van der Waals surface area contributed by atoms with Crippen LogP contribution >= 0.6 is 49.6 Å². The van der Waals surface area contributed by atoms with Crippen molar-refractivity contribution in [2.45, 2.75) is 20.3 Å². The molecule has 0 saturated carbocycles. The third-order valence-electron chi connectivity index (χ3n) is 3.49. The Morgan fingerprint density at radius 1 is 0.680 bits per heavy atom. The topological polar surface area (TPSA) is 76.1 Å². The van der Waals surface area contributed by atoms with E-state index in [-0.39, 0.29) is 49.6 Å². The molecule has 0 radical (unpaired) electrons. The van der Waals surface area contributed by atoms with Gasteiger partial charge in [0.15, 0.2) is 0 Å². The Kier molecular flexibility index (Phi) is 16.0. The van der Waals surface area contributed by atoms with Crippen molar-refractivity contribution in [3.63, 3.8) is 0 Å². The van der Waals surface area contributed by atoms with Crippen LogP contribution in [0.25, 0.3) is 0 Å². The van der Waals surface area contributed by atoms with E-state index in [9.17, 15) is 0 Å². The summed E-state index contributed by atoms with van der Waals surface area (Å²) >= 11 is 0. The van der Waals surface area contributed by atoms with Crippen LogP contribution in [0.1, 0.15) is 17.5 Å². The van der Waals surface area contributed by atoms with Gasteiger partial charge in [-0.2, -0.15) is 0 Å². The first-order valence-corrected chi connectivity index (χ1v) is 7.26. The van der Waals surface area contributed by atoms with Crippen LogP contribution in [0, 0.1) is 13.8 Å². The number of hydrogen-bond acceptors (Lipinski definition) is 4. The van der Waals surface area contributed by atoms with Crippen LogP contribution < -0.4 is 22.1 Å². The number of anilines is 4. The Labute approximate surface area is 175 Å². The molecule has 0 aliphatic rings. The minimum atomic E-state index is 0. The number of nitrogens with one attached hydrogen (secondary N) is 2. The molecule has 144 valence electrons. The summed E-state index contributed by atoms with van der Waals surface area (Å²) in [5, 5.41) is 6.87. The van der Waals surface area contributed by atoms with Gasteiger partial charge in [0.25, 0.3) is 0 Å². The van der Waals surface area contributed by atoms with Gasteiger partial charge in [-0.25, -0.2) is 0 Å². The predicted octanol–water partition coefficient (Wildman–Crippen LogP) is 5.07. The summed E-state index contributed by atoms with van der Waals surface area (Å²) < 4.78 is 0. The van der Waals surface area contributed by atoms with Crippen molar-refractivity contribution in [3.05, 3.63) is 47.5 Å². The van der Waals surface area contributed by atoms with Gasteiger partial charge in [-0.05, 0) is 67.8 Å². The molecule has 0 bridgehead atoms. The first-order chi connectivity index (χ1) is 10.1. The molecule has 0 fully saturated rings. The Hall–Kier alpha value is -1.20. The van der Waals surface area contributed by atoms with Crippen molar-refractivity contribution >= 4 is 72.4 Å². The van der Waals surface area contributed by atoms with Crippen LogP contribution in [0.3, 0.4) is 0 Å². The standard InChI is InChI=1S/C17H24N4.4ClH/c1-12-10-14(18)4-6-16(12)20-8-3-9-21-17-7-5-15(19)11-13(17)2;;;;/h4-7,10-11,20-21H,3,8-9,18-19H2,1-2H3;4*1H. The number of hydrogen-bond donors (Lipinski definition) is 4. The van der Waals surface area contributed by atoms with Crippen LogP contribution in [-0.4, -0.2) is 13.1 Å². The molecule has 4 nitrogen and oxygen atoms in total. The molecule has 2 aromatic rings. The summed E-state index contributed by atoms with van der Waals surface area (Å²) in [4.78, 5) is 0. The van der Waals surface area contributed by atoms with E-state index in [4.69, 9.17) is 11.5 Å². The largest absolute Gasteiger partial charge is 0.399 e. The van der Waals surface area contributed by atoms with Gasteiger partial charge in [0.1, 0.15) is 0 Å². The van der Waals surface area contributed by atoms with E-state index >= 15 is 0 Å². The second-order valence-corrected chi connectivity index (χ2v) is 5.36. The van der Waals surface area contributed by atoms with Crippen LogP contribution in [0.4, 0.5) is 22.7 Å². The summed E-state index contributed by atoms with van der Waals surface area (Å²) in [7, 11) is 0. The first kappa shape index (κ1) is 28.6. The maximum absolute atomic E-state index is 5.75. The third kappa shape index (κ3) is 9.17. The zero-order chi connectivity index (χ0) is 15.2. The third-order valence-corrected chi connectivity index (χ3v) is 3.49. The lowest BCUT2D eigenvalue weighted by Crippen LogP contribution is -2.10. The number of nitrogen functional groups attached to an aromatic ring is 2. The fourth-order valence-electron chi connectivity index (χ4n) is 2.30. The highest BCUT2D eigenvalue weighted by Crippen LogP contribution is 2.18. The van der Waals surface area contributed by atoms with E-state index in [2.05, 4.69) is 24.5 Å². The van der Waals surface area contributed by atoms with Crippen molar-refractivity contribution in [3.8, 4) is 0 Å². The van der Waals surface area contributed by atoms with Gasteiger partial charge in [-0.3, -0.25) is 0 Å². The lowest BCUT2D eigenvalue weighted by atomic mass is 10.1.